The predicted octanol–water partition coefficient (Wildman–Crippen LogP) is 2.91. The van der Waals surface area contributed by atoms with E-state index in [4.69, 9.17) is 5.73 Å². The number of hydrogen-bond acceptors (Lipinski definition) is 3. The Morgan fingerprint density at radius 2 is 1.76 bits per heavy atom. The summed E-state index contributed by atoms with van der Waals surface area (Å²) in [6, 6.07) is 9.91. The van der Waals surface area contributed by atoms with Gasteiger partial charge in [-0.15, -0.1) is 0 Å². The first kappa shape index (κ1) is 18.9. The zero-order valence-electron chi connectivity index (χ0n) is 14.5. The second-order valence-corrected chi connectivity index (χ2v) is 8.33. The maximum Gasteiger partial charge on any atom is 0.193 e. The number of hydrogen-bond donors (Lipinski definition) is 2. The number of nitrogens with one attached hydrogen (secondary N) is 1. The van der Waals surface area contributed by atoms with Gasteiger partial charge in [0.05, 0.1) is 12.3 Å². The first-order chi connectivity index (χ1) is 11.6. The molecule has 5 nitrogen and oxygen atoms in total. The first-order valence-electron chi connectivity index (χ1n) is 7.72. The molecule has 0 atom stereocenters. The fourth-order valence-electron chi connectivity index (χ4n) is 2.57. The summed E-state index contributed by atoms with van der Waals surface area (Å²) in [5.41, 5.74) is 9.91. The molecule has 7 heteroatoms. The number of aryl methyl sites for hydroxylation is 2. The highest BCUT2D eigenvalue weighted by Crippen LogP contribution is 2.16. The highest BCUT2D eigenvalue weighted by Gasteiger charge is 2.10. The van der Waals surface area contributed by atoms with Crippen molar-refractivity contribution < 1.29 is 12.8 Å². The Hall–Kier alpha value is -2.41. The quantitative estimate of drug-likeness (QED) is 0.632. The molecule has 0 aliphatic rings. The Labute approximate surface area is 147 Å². The molecule has 0 saturated heterocycles. The molecule has 0 unspecified atom stereocenters. The van der Waals surface area contributed by atoms with Crippen LogP contribution in [0.3, 0.4) is 0 Å². The molecule has 0 aliphatic carbocycles. The molecule has 0 bridgehead atoms. The molecule has 2 aromatic rings. The van der Waals surface area contributed by atoms with Gasteiger partial charge in [0.15, 0.2) is 15.8 Å². The third kappa shape index (κ3) is 6.19. The molecule has 0 aromatic heterocycles. The van der Waals surface area contributed by atoms with E-state index in [2.05, 4.69) is 10.3 Å². The zero-order valence-corrected chi connectivity index (χ0v) is 15.3. The summed E-state index contributed by atoms with van der Waals surface area (Å²) in [7, 11) is -3.23. The topological polar surface area (TPSA) is 84.5 Å². The first-order valence-corrected chi connectivity index (χ1v) is 9.79. The minimum atomic E-state index is -3.23. The number of sulfone groups is 1. The lowest BCUT2D eigenvalue weighted by Crippen LogP contribution is -2.22. The minimum absolute atomic E-state index is 0.0895. The largest absolute Gasteiger partial charge is 0.370 e. The molecule has 0 heterocycles. The number of guanidine groups is 1. The fraction of sp³-hybridized carbons (Fsp3) is 0.278. The van der Waals surface area contributed by atoms with Crippen molar-refractivity contribution in [2.24, 2.45) is 10.7 Å². The molecular weight excluding hydrogens is 341 g/mol. The highest BCUT2D eigenvalue weighted by molar-refractivity contribution is 7.89. The van der Waals surface area contributed by atoms with E-state index < -0.39 is 15.7 Å². The Bertz CT molecular complexity index is 888. The summed E-state index contributed by atoms with van der Waals surface area (Å²) in [5, 5.41) is 2.99. The Morgan fingerprint density at radius 1 is 1.12 bits per heavy atom. The summed E-state index contributed by atoms with van der Waals surface area (Å²) in [6.07, 6.45) is 1.14. The summed E-state index contributed by atoms with van der Waals surface area (Å²) in [6.45, 7) is 4.05. The van der Waals surface area contributed by atoms with Crippen molar-refractivity contribution in [2.45, 2.75) is 26.1 Å². The lowest BCUT2D eigenvalue weighted by atomic mass is 10.1. The SMILES string of the molecule is Cc1cc(C)cc(NC(N)=NCc2cc(F)ccc2CS(C)(=O)=O)c1. The third-order valence-corrected chi connectivity index (χ3v) is 4.34. The van der Waals surface area contributed by atoms with Gasteiger partial charge < -0.3 is 11.1 Å². The van der Waals surface area contributed by atoms with E-state index >= 15 is 0 Å². The van der Waals surface area contributed by atoms with Crippen LogP contribution in [0.25, 0.3) is 0 Å². The summed E-state index contributed by atoms with van der Waals surface area (Å²) >= 11 is 0. The Morgan fingerprint density at radius 3 is 2.36 bits per heavy atom. The molecule has 0 saturated carbocycles. The summed E-state index contributed by atoms with van der Waals surface area (Å²) in [5.74, 6) is -0.425. The Kier molecular flexibility index (Phi) is 5.79. The molecule has 0 aliphatic heterocycles. The number of rotatable bonds is 5. The molecule has 0 radical (unpaired) electrons. The summed E-state index contributed by atoms with van der Waals surface area (Å²) in [4.78, 5) is 4.20. The molecule has 25 heavy (non-hydrogen) atoms. The predicted molar refractivity (Wildman–Crippen MR) is 99.8 cm³/mol. The van der Waals surface area contributed by atoms with E-state index in [0.717, 1.165) is 23.1 Å². The molecule has 0 spiro atoms. The van der Waals surface area contributed by atoms with Crippen molar-refractivity contribution in [1.82, 2.24) is 0 Å². The fourth-order valence-corrected chi connectivity index (χ4v) is 3.42. The van der Waals surface area contributed by atoms with E-state index in [1.54, 1.807) is 0 Å². The number of nitrogens with zero attached hydrogens (tertiary/aromatic N) is 1. The van der Waals surface area contributed by atoms with Crippen LogP contribution in [-0.4, -0.2) is 20.6 Å². The number of nitrogens with two attached hydrogens (primary N) is 1. The van der Waals surface area contributed by atoms with Gasteiger partial charge in [-0.05, 0) is 60.4 Å². The smallest absolute Gasteiger partial charge is 0.193 e. The van der Waals surface area contributed by atoms with Gasteiger partial charge in [0.2, 0.25) is 0 Å². The van der Waals surface area contributed by atoms with E-state index in [9.17, 15) is 12.8 Å². The van der Waals surface area contributed by atoms with E-state index in [1.165, 1.54) is 18.2 Å². The second-order valence-electron chi connectivity index (χ2n) is 6.19. The molecule has 2 rings (SSSR count). The Balaban J connectivity index is 2.18. The van der Waals surface area contributed by atoms with Gasteiger partial charge in [-0.1, -0.05) is 12.1 Å². The molecule has 134 valence electrons. The van der Waals surface area contributed by atoms with Crippen molar-refractivity contribution >= 4 is 21.5 Å². The van der Waals surface area contributed by atoms with Crippen LogP contribution < -0.4 is 11.1 Å². The van der Waals surface area contributed by atoms with Crippen LogP contribution in [-0.2, 0) is 22.1 Å². The van der Waals surface area contributed by atoms with Gasteiger partial charge in [0.25, 0.3) is 0 Å². The maximum absolute atomic E-state index is 13.5. The number of benzene rings is 2. The highest BCUT2D eigenvalue weighted by atomic mass is 32.2. The zero-order chi connectivity index (χ0) is 18.6. The van der Waals surface area contributed by atoms with Crippen molar-refractivity contribution in [2.75, 3.05) is 11.6 Å². The lowest BCUT2D eigenvalue weighted by Gasteiger charge is -2.10. The second kappa shape index (κ2) is 7.65. The molecular formula is C18H22FN3O2S. The standard InChI is InChI=1S/C18H22FN3O2S/c1-12-6-13(2)8-17(7-12)22-18(20)21-10-15-9-16(19)5-4-14(15)11-25(3,23)24/h4-9H,10-11H2,1-3H3,(H3,20,21,22). The van der Waals surface area contributed by atoms with Crippen molar-refractivity contribution in [3.05, 3.63) is 64.5 Å². The van der Waals surface area contributed by atoms with Crippen LogP contribution in [0.2, 0.25) is 0 Å². The van der Waals surface area contributed by atoms with Crippen molar-refractivity contribution in [3.8, 4) is 0 Å². The minimum Gasteiger partial charge on any atom is -0.370 e. The van der Waals surface area contributed by atoms with E-state index in [1.807, 2.05) is 32.0 Å². The van der Waals surface area contributed by atoms with E-state index in [0.29, 0.717) is 11.1 Å². The van der Waals surface area contributed by atoms with Crippen LogP contribution >= 0.6 is 0 Å². The van der Waals surface area contributed by atoms with Crippen molar-refractivity contribution in [1.29, 1.82) is 0 Å². The van der Waals surface area contributed by atoms with Crippen LogP contribution in [0.5, 0.6) is 0 Å². The van der Waals surface area contributed by atoms with Gasteiger partial charge in [-0.25, -0.2) is 17.8 Å². The van der Waals surface area contributed by atoms with E-state index in [-0.39, 0.29) is 18.3 Å². The number of halogens is 1. The molecule has 0 fully saturated rings. The number of anilines is 1. The molecule has 0 amide bonds. The normalized spacial score (nSPS) is 12.2. The van der Waals surface area contributed by atoms with Gasteiger partial charge in [-0.2, -0.15) is 0 Å². The third-order valence-electron chi connectivity index (χ3n) is 3.50. The van der Waals surface area contributed by atoms with Crippen LogP contribution in [0, 0.1) is 19.7 Å². The average Bonchev–Trinajstić information content (AvgIpc) is 2.45. The molecule has 3 N–H and O–H groups in total. The maximum atomic E-state index is 13.5. The summed E-state index contributed by atoms with van der Waals surface area (Å²) < 4.78 is 36.5. The van der Waals surface area contributed by atoms with Crippen molar-refractivity contribution in [3.63, 3.8) is 0 Å². The number of aliphatic imine (C=N–C) groups is 1. The lowest BCUT2D eigenvalue weighted by molar-refractivity contribution is 0.600. The van der Waals surface area contributed by atoms with Gasteiger partial charge >= 0.3 is 0 Å². The van der Waals surface area contributed by atoms with Crippen LogP contribution in [0.4, 0.5) is 10.1 Å². The van der Waals surface area contributed by atoms with Gasteiger partial charge in [0, 0.05) is 11.9 Å². The van der Waals surface area contributed by atoms with Gasteiger partial charge in [0.1, 0.15) is 5.82 Å². The molecule has 2 aromatic carbocycles. The van der Waals surface area contributed by atoms with Crippen LogP contribution in [0.15, 0.2) is 41.4 Å². The van der Waals surface area contributed by atoms with Crippen LogP contribution in [0.1, 0.15) is 22.3 Å². The van der Waals surface area contributed by atoms with Gasteiger partial charge in [-0.3, -0.25) is 0 Å². The average molecular weight is 363 g/mol. The monoisotopic (exact) mass is 363 g/mol.